The summed E-state index contributed by atoms with van der Waals surface area (Å²) in [7, 11) is 0. The lowest BCUT2D eigenvalue weighted by molar-refractivity contribution is 0.381. The smallest absolute Gasteiger partial charge is 0.0390 e. The summed E-state index contributed by atoms with van der Waals surface area (Å²) in [6.07, 6.45) is 0. The van der Waals surface area contributed by atoms with Crippen LogP contribution in [0.2, 0.25) is 0 Å². The van der Waals surface area contributed by atoms with Crippen molar-refractivity contribution in [2.75, 3.05) is 0 Å². The molecule has 1 heterocycles. The molecular weight excluding hydrogens is 178 g/mol. The molecule has 0 aliphatic rings. The molecule has 0 bridgehead atoms. The van der Waals surface area contributed by atoms with Crippen molar-refractivity contribution in [3.8, 4) is 0 Å². The maximum Gasteiger partial charge on any atom is 0.0390 e. The first kappa shape index (κ1) is 10.7. The van der Waals surface area contributed by atoms with Gasteiger partial charge in [-0.05, 0) is 46.8 Å². The molecule has 0 amide bonds. The lowest BCUT2D eigenvalue weighted by Gasteiger charge is -2.25. The lowest BCUT2D eigenvalue weighted by atomic mass is 10.1. The van der Waals surface area contributed by atoms with E-state index >= 15 is 0 Å². The highest BCUT2D eigenvalue weighted by Gasteiger charge is 2.15. The Balaban J connectivity index is 2.64. The molecule has 0 saturated carbocycles. The molecule has 0 aromatic carbocycles. The molecule has 1 unspecified atom stereocenters. The van der Waals surface area contributed by atoms with Crippen molar-refractivity contribution in [2.24, 2.45) is 0 Å². The molecule has 0 fully saturated rings. The molecule has 1 nitrogen and oxygen atoms in total. The molecule has 1 aromatic heterocycles. The average Bonchev–Trinajstić information content (AvgIpc) is 2.31. The van der Waals surface area contributed by atoms with E-state index in [1.165, 1.54) is 9.75 Å². The minimum absolute atomic E-state index is 0.192. The van der Waals surface area contributed by atoms with Crippen LogP contribution in [0.3, 0.4) is 0 Å². The van der Waals surface area contributed by atoms with Crippen LogP contribution in [0.15, 0.2) is 12.1 Å². The lowest BCUT2D eigenvalue weighted by Crippen LogP contribution is -2.37. The monoisotopic (exact) mass is 197 g/mol. The van der Waals surface area contributed by atoms with E-state index in [9.17, 15) is 0 Å². The van der Waals surface area contributed by atoms with E-state index in [1.54, 1.807) is 0 Å². The fraction of sp³-hybridized carbons (Fsp3) is 0.636. The quantitative estimate of drug-likeness (QED) is 0.765. The predicted octanol–water partition coefficient (Wildman–Crippen LogP) is 3.51. The normalized spacial score (nSPS) is 14.5. The third-order valence-corrected chi connectivity index (χ3v) is 3.02. The van der Waals surface area contributed by atoms with Crippen LogP contribution in [-0.2, 0) is 0 Å². The van der Waals surface area contributed by atoms with Gasteiger partial charge < -0.3 is 5.32 Å². The zero-order valence-corrected chi connectivity index (χ0v) is 9.96. The van der Waals surface area contributed by atoms with Crippen molar-refractivity contribution in [3.63, 3.8) is 0 Å². The van der Waals surface area contributed by atoms with Crippen LogP contribution in [0.25, 0.3) is 0 Å². The van der Waals surface area contributed by atoms with Gasteiger partial charge in [-0.1, -0.05) is 0 Å². The molecule has 0 aliphatic carbocycles. The van der Waals surface area contributed by atoms with Crippen LogP contribution in [0.4, 0.5) is 0 Å². The summed E-state index contributed by atoms with van der Waals surface area (Å²) in [5.41, 5.74) is 0.192. The standard InChI is InChI=1S/C11H19NS/c1-8-6-7-10(13-8)9(2)12-11(3,4)5/h6-7,9,12H,1-5H3. The van der Waals surface area contributed by atoms with Crippen molar-refractivity contribution in [1.29, 1.82) is 0 Å². The number of aryl methyl sites for hydroxylation is 1. The van der Waals surface area contributed by atoms with Gasteiger partial charge >= 0.3 is 0 Å². The molecule has 0 saturated heterocycles. The van der Waals surface area contributed by atoms with Crippen LogP contribution >= 0.6 is 11.3 Å². The van der Waals surface area contributed by atoms with E-state index in [-0.39, 0.29) is 5.54 Å². The van der Waals surface area contributed by atoms with Crippen molar-refractivity contribution in [3.05, 3.63) is 21.9 Å². The molecule has 0 spiro atoms. The van der Waals surface area contributed by atoms with Crippen molar-refractivity contribution >= 4 is 11.3 Å². The average molecular weight is 197 g/mol. The molecule has 13 heavy (non-hydrogen) atoms. The minimum Gasteiger partial charge on any atom is -0.305 e. The largest absolute Gasteiger partial charge is 0.305 e. The van der Waals surface area contributed by atoms with E-state index in [0.29, 0.717) is 6.04 Å². The van der Waals surface area contributed by atoms with Gasteiger partial charge in [0, 0.05) is 21.3 Å². The highest BCUT2D eigenvalue weighted by molar-refractivity contribution is 7.12. The van der Waals surface area contributed by atoms with Crippen molar-refractivity contribution in [2.45, 2.75) is 46.2 Å². The highest BCUT2D eigenvalue weighted by Crippen LogP contribution is 2.23. The summed E-state index contributed by atoms with van der Waals surface area (Å²) in [6.45, 7) is 11.0. The summed E-state index contributed by atoms with van der Waals surface area (Å²) in [5, 5.41) is 3.56. The Kier molecular flexibility index (Phi) is 3.14. The van der Waals surface area contributed by atoms with Crippen LogP contribution in [0, 0.1) is 6.92 Å². The summed E-state index contributed by atoms with van der Waals surface area (Å²) >= 11 is 1.87. The number of hydrogen-bond donors (Lipinski definition) is 1. The van der Waals surface area contributed by atoms with E-state index < -0.39 is 0 Å². The van der Waals surface area contributed by atoms with Gasteiger partial charge in [-0.15, -0.1) is 11.3 Å². The van der Waals surface area contributed by atoms with Crippen LogP contribution in [-0.4, -0.2) is 5.54 Å². The number of rotatable bonds is 2. The maximum atomic E-state index is 3.56. The van der Waals surface area contributed by atoms with E-state index in [1.807, 2.05) is 11.3 Å². The molecule has 1 atom stereocenters. The first-order valence-corrected chi connectivity index (χ1v) is 5.54. The van der Waals surface area contributed by atoms with E-state index in [2.05, 4.69) is 52.1 Å². The second-order valence-electron chi connectivity index (χ2n) is 4.56. The zero-order chi connectivity index (χ0) is 10.1. The van der Waals surface area contributed by atoms with Gasteiger partial charge in [0.25, 0.3) is 0 Å². The molecule has 0 radical (unpaired) electrons. The Morgan fingerprint density at radius 2 is 1.92 bits per heavy atom. The van der Waals surface area contributed by atoms with Gasteiger partial charge in [0.05, 0.1) is 0 Å². The fourth-order valence-electron chi connectivity index (χ4n) is 1.41. The Labute approximate surface area is 85.2 Å². The summed E-state index contributed by atoms with van der Waals surface area (Å²) in [6, 6.07) is 4.85. The number of nitrogens with one attached hydrogen (secondary N) is 1. The first-order chi connectivity index (χ1) is 5.88. The van der Waals surface area contributed by atoms with E-state index in [0.717, 1.165) is 0 Å². The van der Waals surface area contributed by atoms with Crippen molar-refractivity contribution in [1.82, 2.24) is 5.32 Å². The molecule has 1 aromatic rings. The van der Waals surface area contributed by atoms with Crippen LogP contribution in [0.1, 0.15) is 43.5 Å². The molecule has 74 valence electrons. The first-order valence-electron chi connectivity index (χ1n) is 4.72. The van der Waals surface area contributed by atoms with Gasteiger partial charge in [0.15, 0.2) is 0 Å². The van der Waals surface area contributed by atoms with Gasteiger partial charge in [-0.2, -0.15) is 0 Å². The highest BCUT2D eigenvalue weighted by atomic mass is 32.1. The Morgan fingerprint density at radius 1 is 1.31 bits per heavy atom. The molecule has 1 rings (SSSR count). The number of thiophene rings is 1. The Morgan fingerprint density at radius 3 is 2.31 bits per heavy atom. The Hall–Kier alpha value is -0.340. The molecule has 0 aliphatic heterocycles. The van der Waals surface area contributed by atoms with Crippen LogP contribution < -0.4 is 5.32 Å². The summed E-state index contributed by atoms with van der Waals surface area (Å²) < 4.78 is 0. The molecular formula is C11H19NS. The third-order valence-electron chi connectivity index (χ3n) is 1.84. The van der Waals surface area contributed by atoms with E-state index in [4.69, 9.17) is 0 Å². The minimum atomic E-state index is 0.192. The van der Waals surface area contributed by atoms with Gasteiger partial charge in [-0.3, -0.25) is 0 Å². The second-order valence-corrected chi connectivity index (χ2v) is 5.88. The van der Waals surface area contributed by atoms with Gasteiger partial charge in [0.1, 0.15) is 0 Å². The van der Waals surface area contributed by atoms with Crippen molar-refractivity contribution < 1.29 is 0 Å². The van der Waals surface area contributed by atoms with Gasteiger partial charge in [0.2, 0.25) is 0 Å². The Bertz CT molecular complexity index is 270. The zero-order valence-electron chi connectivity index (χ0n) is 9.14. The summed E-state index contributed by atoms with van der Waals surface area (Å²) in [5.74, 6) is 0. The second kappa shape index (κ2) is 3.81. The summed E-state index contributed by atoms with van der Waals surface area (Å²) in [4.78, 5) is 2.81. The maximum absolute atomic E-state index is 3.56. The molecule has 2 heteroatoms. The molecule has 1 N–H and O–H groups in total. The number of hydrogen-bond acceptors (Lipinski definition) is 2. The van der Waals surface area contributed by atoms with Gasteiger partial charge in [-0.25, -0.2) is 0 Å². The van der Waals surface area contributed by atoms with Crippen LogP contribution in [0.5, 0.6) is 0 Å². The third kappa shape index (κ3) is 3.49. The predicted molar refractivity (Wildman–Crippen MR) is 60.4 cm³/mol. The fourth-order valence-corrected chi connectivity index (χ4v) is 2.29. The topological polar surface area (TPSA) is 12.0 Å². The SMILES string of the molecule is Cc1ccc(C(C)NC(C)(C)C)s1.